The van der Waals surface area contributed by atoms with Crippen LogP contribution in [0.15, 0.2) is 0 Å². The molecule has 1 heterocycles. The normalized spacial score (nSPS) is 16.2. The van der Waals surface area contributed by atoms with Gasteiger partial charge in [0.15, 0.2) is 0 Å². The number of hydrogen-bond donors (Lipinski definition) is 2. The summed E-state index contributed by atoms with van der Waals surface area (Å²) in [5, 5.41) is 10.7. The molecule has 0 unspecified atom stereocenters. The second-order valence-electron chi connectivity index (χ2n) is 1.68. The monoisotopic (exact) mass is 273 g/mol. The fourth-order valence-corrected chi connectivity index (χ4v) is 0.516. The summed E-state index contributed by atoms with van der Waals surface area (Å²) in [6.07, 6.45) is 0. The second kappa shape index (κ2) is 13.1. The molecule has 1 fully saturated rings. The molecule has 0 amide bonds. The first-order chi connectivity index (χ1) is 4.41. The van der Waals surface area contributed by atoms with E-state index in [4.69, 9.17) is 9.84 Å². The van der Waals surface area contributed by atoms with Gasteiger partial charge in [-0.15, -0.1) is 0 Å². The Morgan fingerprint density at radius 3 is 2.00 bits per heavy atom. The van der Waals surface area contributed by atoms with Gasteiger partial charge in [0, 0.05) is 19.7 Å². The summed E-state index contributed by atoms with van der Waals surface area (Å²) < 4.78 is 5.01. The molecule has 1 aliphatic rings. The third-order valence-corrected chi connectivity index (χ3v) is 0.846. The summed E-state index contributed by atoms with van der Waals surface area (Å²) >= 11 is 0. The predicted octanol–water partition coefficient (Wildman–Crippen LogP) is -0.551. The van der Waals surface area contributed by atoms with E-state index in [1.807, 2.05) is 0 Å². The maximum absolute atomic E-state index is 7.57. The van der Waals surface area contributed by atoms with Crippen LogP contribution in [0.3, 0.4) is 0 Å². The average Bonchev–Trinajstić information content (AvgIpc) is 1.93. The van der Waals surface area contributed by atoms with Gasteiger partial charge in [-0.05, 0) is 6.92 Å². The Kier molecular flexibility index (Phi) is 18.3. The predicted molar refractivity (Wildman–Crippen MR) is 44.4 cm³/mol. The van der Waals surface area contributed by atoms with E-state index < -0.39 is 0 Å². The van der Waals surface area contributed by atoms with Crippen molar-refractivity contribution in [3.8, 4) is 0 Å². The molecule has 0 aromatic rings. The van der Waals surface area contributed by atoms with Crippen molar-refractivity contribution in [2.24, 2.45) is 0 Å². The van der Waals surface area contributed by atoms with E-state index in [0.29, 0.717) is 0 Å². The number of morpholine rings is 1. The molecular weight excluding hydrogens is 255 g/mol. The van der Waals surface area contributed by atoms with Crippen LogP contribution in [0.1, 0.15) is 9.78 Å². The molecule has 0 radical (unpaired) electrons. The number of ether oxygens (including phenoxy) is 1. The topological polar surface area (TPSA) is 41.5 Å². The van der Waals surface area contributed by atoms with E-state index in [1.165, 1.54) is 0 Å². The maximum Gasteiger partial charge on any atom is 2.00 e. The molecule has 3 nitrogen and oxygen atoms in total. The van der Waals surface area contributed by atoms with Gasteiger partial charge >= 0.3 is 48.9 Å². The summed E-state index contributed by atoms with van der Waals surface area (Å²) in [6.45, 7) is 5.76. The van der Waals surface area contributed by atoms with Crippen molar-refractivity contribution in [2.45, 2.75) is 6.92 Å². The number of nitrogens with one attached hydrogen (secondary N) is 1. The van der Waals surface area contributed by atoms with Crippen LogP contribution < -0.4 is 5.32 Å². The van der Waals surface area contributed by atoms with Crippen LogP contribution in [0.25, 0.3) is 0 Å². The van der Waals surface area contributed by atoms with Gasteiger partial charge in [-0.25, -0.2) is 0 Å². The Morgan fingerprint density at radius 2 is 1.90 bits per heavy atom. The van der Waals surface area contributed by atoms with Gasteiger partial charge in [0.2, 0.25) is 0 Å². The van der Waals surface area contributed by atoms with Crippen LogP contribution in [0.5, 0.6) is 0 Å². The molecule has 4 heteroatoms. The fraction of sp³-hybridized carbons (Fsp3) is 1.00. The quantitative estimate of drug-likeness (QED) is 0.582. The molecule has 1 saturated heterocycles. The minimum Gasteiger partial charge on any atom is -1.00 e. The Labute approximate surface area is 106 Å². The van der Waals surface area contributed by atoms with Crippen molar-refractivity contribution in [3.05, 3.63) is 0 Å². The second-order valence-corrected chi connectivity index (χ2v) is 1.68. The summed E-state index contributed by atoms with van der Waals surface area (Å²) in [7, 11) is 0. The molecule has 10 heavy (non-hydrogen) atoms. The molecule has 0 bridgehead atoms. The van der Waals surface area contributed by atoms with E-state index in [1.54, 1.807) is 6.92 Å². The summed E-state index contributed by atoms with van der Waals surface area (Å²) in [6, 6.07) is 0. The van der Waals surface area contributed by atoms with Crippen LogP contribution in [0.4, 0.5) is 0 Å². The van der Waals surface area contributed by atoms with Crippen LogP contribution in [0.2, 0.25) is 0 Å². The molecule has 2 N–H and O–H groups in total. The summed E-state index contributed by atoms with van der Waals surface area (Å²) in [5.41, 5.74) is 0. The van der Waals surface area contributed by atoms with Crippen LogP contribution >= 0.6 is 0 Å². The number of aliphatic hydroxyl groups excluding tert-OH is 1. The third-order valence-electron chi connectivity index (χ3n) is 0.846. The van der Waals surface area contributed by atoms with Gasteiger partial charge in [0.25, 0.3) is 0 Å². The first-order valence-corrected chi connectivity index (χ1v) is 3.31. The van der Waals surface area contributed by atoms with Gasteiger partial charge in [-0.1, -0.05) is 0 Å². The largest absolute Gasteiger partial charge is 2.00 e. The van der Waals surface area contributed by atoms with Crippen molar-refractivity contribution in [3.63, 3.8) is 0 Å². The Morgan fingerprint density at radius 1 is 1.50 bits per heavy atom. The molecule has 1 aliphatic heterocycles. The van der Waals surface area contributed by atoms with Gasteiger partial charge in [0.1, 0.15) is 0 Å². The molecule has 0 saturated carbocycles. The van der Waals surface area contributed by atoms with E-state index >= 15 is 0 Å². The molecule has 0 aromatic carbocycles. The number of hydrogen-bond acceptors (Lipinski definition) is 3. The van der Waals surface area contributed by atoms with Crippen LogP contribution in [0, 0.1) is 0 Å². The van der Waals surface area contributed by atoms with Crippen molar-refractivity contribution in [2.75, 3.05) is 32.9 Å². The Bertz CT molecular complexity index is 47.3. The molecule has 0 aromatic heterocycles. The van der Waals surface area contributed by atoms with E-state index in [-0.39, 0.29) is 58.3 Å². The SMILES string of the molecule is C1COCCN1.CCO.[Ba+2].[H-].[H-]. The van der Waals surface area contributed by atoms with Gasteiger partial charge in [-0.2, -0.15) is 0 Å². The minimum atomic E-state index is 0. The van der Waals surface area contributed by atoms with Gasteiger partial charge in [-0.3, -0.25) is 0 Å². The van der Waals surface area contributed by atoms with Crippen molar-refractivity contribution < 1.29 is 12.7 Å². The summed E-state index contributed by atoms with van der Waals surface area (Å²) in [4.78, 5) is 0. The van der Waals surface area contributed by atoms with Crippen molar-refractivity contribution in [1.29, 1.82) is 0 Å². The number of rotatable bonds is 0. The third kappa shape index (κ3) is 12.2. The molecule has 0 spiro atoms. The minimum absolute atomic E-state index is 0. The van der Waals surface area contributed by atoms with E-state index in [0.717, 1.165) is 26.3 Å². The van der Waals surface area contributed by atoms with Crippen LogP contribution in [-0.2, 0) is 4.74 Å². The molecule has 1 rings (SSSR count). The fourth-order valence-electron chi connectivity index (χ4n) is 0.516. The maximum atomic E-state index is 7.57. The zero-order valence-corrected chi connectivity index (χ0v) is 11.0. The smallest absolute Gasteiger partial charge is 1.00 e. The molecule has 60 valence electrons. The molecule has 0 aliphatic carbocycles. The molecule has 0 atom stereocenters. The number of aliphatic hydroxyl groups is 1. The van der Waals surface area contributed by atoms with Gasteiger partial charge in [0.05, 0.1) is 13.2 Å². The van der Waals surface area contributed by atoms with Crippen molar-refractivity contribution >= 4 is 48.9 Å². The van der Waals surface area contributed by atoms with E-state index in [9.17, 15) is 0 Å². The zero-order valence-electron chi connectivity index (χ0n) is 8.60. The standard InChI is InChI=1S/C4H9NO.C2H6O.Ba.2H/c1-3-6-4-2-5-1;1-2-3;;;/h5H,1-4H2;3H,2H2,1H3;;;/q;;+2;2*-1. The zero-order chi connectivity index (χ0) is 6.95. The first kappa shape index (κ1) is 14.0. The van der Waals surface area contributed by atoms with Crippen LogP contribution in [-0.4, -0.2) is 86.9 Å². The molecular formula is C6H17BaNO2. The van der Waals surface area contributed by atoms with Gasteiger partial charge < -0.3 is 18.0 Å². The summed E-state index contributed by atoms with van der Waals surface area (Å²) in [5.74, 6) is 0. The average molecular weight is 273 g/mol. The first-order valence-electron chi connectivity index (χ1n) is 3.31. The van der Waals surface area contributed by atoms with Crippen molar-refractivity contribution in [1.82, 2.24) is 5.32 Å². The Balaban J connectivity index is -0.0000000489. The Hall–Kier alpha value is 1.45. The van der Waals surface area contributed by atoms with E-state index in [2.05, 4.69) is 5.32 Å².